The highest BCUT2D eigenvalue weighted by Gasteiger charge is 2.36. The molecule has 0 spiro atoms. The number of rotatable bonds is 6. The number of hydrogen-bond acceptors (Lipinski definition) is 5. The highest BCUT2D eigenvalue weighted by atomic mass is 16.5. The van der Waals surface area contributed by atoms with Gasteiger partial charge in [-0.3, -0.25) is 14.9 Å². The predicted molar refractivity (Wildman–Crippen MR) is 124 cm³/mol. The van der Waals surface area contributed by atoms with Crippen LogP contribution >= 0.6 is 0 Å². The lowest BCUT2D eigenvalue weighted by atomic mass is 10.1. The minimum atomic E-state index is -0.992. The van der Waals surface area contributed by atoms with Gasteiger partial charge in [0, 0.05) is 0 Å². The van der Waals surface area contributed by atoms with E-state index in [9.17, 15) is 19.2 Å². The van der Waals surface area contributed by atoms with Gasteiger partial charge in [-0.2, -0.15) is 0 Å². The van der Waals surface area contributed by atoms with Crippen LogP contribution in [0.4, 0.5) is 10.5 Å². The Balaban J connectivity index is 1.47. The molecule has 0 atom stereocenters. The van der Waals surface area contributed by atoms with Crippen LogP contribution < -0.4 is 15.0 Å². The number of carbonyl (C=O) groups is 4. The largest absolute Gasteiger partial charge is 0.489 e. The average Bonchev–Trinajstić information content (AvgIpc) is 2.82. The lowest BCUT2D eigenvalue weighted by molar-refractivity contribution is -0.122. The second-order valence-corrected chi connectivity index (χ2v) is 7.65. The fourth-order valence-corrected chi connectivity index (χ4v) is 3.32. The van der Waals surface area contributed by atoms with Crippen molar-refractivity contribution in [1.82, 2.24) is 5.32 Å². The number of hydrogen-bond donors (Lipinski definition) is 2. The molecular weight excluding hydrogens is 436 g/mol. The summed E-state index contributed by atoms with van der Waals surface area (Å²) in [5.41, 5.74) is 2.76. The molecule has 4 rings (SSSR count). The van der Waals surface area contributed by atoms with Gasteiger partial charge in [-0.15, -0.1) is 0 Å². The van der Waals surface area contributed by atoms with Crippen molar-refractivity contribution in [2.45, 2.75) is 13.5 Å². The molecule has 34 heavy (non-hydrogen) atoms. The number of carboxylic acid groups (broad SMARTS) is 1. The molecule has 8 nitrogen and oxygen atoms in total. The van der Waals surface area contributed by atoms with Crippen molar-refractivity contribution in [2.75, 3.05) is 4.90 Å². The van der Waals surface area contributed by atoms with Gasteiger partial charge in [0.1, 0.15) is 17.9 Å². The second-order valence-electron chi connectivity index (χ2n) is 7.65. The first-order valence-electron chi connectivity index (χ1n) is 10.3. The molecule has 8 heteroatoms. The van der Waals surface area contributed by atoms with Crippen LogP contribution in [0.1, 0.15) is 27.0 Å². The number of imide groups is 2. The number of barbiturate groups is 1. The molecule has 3 aromatic carbocycles. The van der Waals surface area contributed by atoms with Gasteiger partial charge in [0.2, 0.25) is 0 Å². The van der Waals surface area contributed by atoms with E-state index in [4.69, 9.17) is 9.84 Å². The summed E-state index contributed by atoms with van der Waals surface area (Å²) in [6, 6.07) is 19.1. The first-order valence-corrected chi connectivity index (χ1v) is 10.3. The Labute approximate surface area is 195 Å². The highest BCUT2D eigenvalue weighted by molar-refractivity contribution is 6.39. The Morgan fingerprint density at radius 3 is 2.21 bits per heavy atom. The van der Waals surface area contributed by atoms with Gasteiger partial charge >= 0.3 is 12.0 Å². The van der Waals surface area contributed by atoms with Gasteiger partial charge in [0.05, 0.1) is 11.3 Å². The molecule has 0 saturated carbocycles. The van der Waals surface area contributed by atoms with E-state index in [0.717, 1.165) is 16.0 Å². The number of benzene rings is 3. The first-order chi connectivity index (χ1) is 16.3. The Morgan fingerprint density at radius 1 is 0.941 bits per heavy atom. The van der Waals surface area contributed by atoms with E-state index in [1.54, 1.807) is 60.7 Å². The summed E-state index contributed by atoms with van der Waals surface area (Å²) in [6.45, 7) is 2.13. The molecule has 1 fully saturated rings. The van der Waals surface area contributed by atoms with Crippen LogP contribution in [0.2, 0.25) is 0 Å². The van der Waals surface area contributed by atoms with Crippen LogP contribution in [-0.2, 0) is 16.2 Å². The summed E-state index contributed by atoms with van der Waals surface area (Å²) in [5.74, 6) is -1.90. The first kappa shape index (κ1) is 22.5. The molecular formula is C26H20N2O6. The van der Waals surface area contributed by atoms with E-state index in [2.05, 4.69) is 5.32 Å². The third-order valence-electron chi connectivity index (χ3n) is 5.19. The molecule has 1 aliphatic heterocycles. The van der Waals surface area contributed by atoms with Crippen molar-refractivity contribution in [3.63, 3.8) is 0 Å². The standard InChI is InChI=1S/C26H20N2O6/c1-16-2-10-20(11-3-16)28-24(30)22(23(29)27-26(28)33)14-17-6-12-21(13-7-17)34-15-18-4-8-19(9-5-18)25(31)32/h2-14H,15H2,1H3,(H,31,32)(H,27,29,33)/b22-14+. The zero-order valence-corrected chi connectivity index (χ0v) is 18.1. The average molecular weight is 456 g/mol. The minimum Gasteiger partial charge on any atom is -0.489 e. The van der Waals surface area contributed by atoms with E-state index >= 15 is 0 Å². The van der Waals surface area contributed by atoms with E-state index in [0.29, 0.717) is 17.0 Å². The predicted octanol–water partition coefficient (Wildman–Crippen LogP) is 3.94. The molecule has 0 bridgehead atoms. The Kier molecular flexibility index (Phi) is 6.22. The normalized spacial score (nSPS) is 14.8. The van der Waals surface area contributed by atoms with Gasteiger partial charge in [-0.05, 0) is 60.5 Å². The molecule has 3 aromatic rings. The number of nitrogens with one attached hydrogen (secondary N) is 1. The van der Waals surface area contributed by atoms with Crippen LogP contribution in [0, 0.1) is 6.92 Å². The fourth-order valence-electron chi connectivity index (χ4n) is 3.32. The number of urea groups is 1. The van der Waals surface area contributed by atoms with E-state index in [-0.39, 0.29) is 17.7 Å². The van der Waals surface area contributed by atoms with Crippen molar-refractivity contribution < 1.29 is 29.0 Å². The van der Waals surface area contributed by atoms with Gasteiger partial charge < -0.3 is 9.84 Å². The van der Waals surface area contributed by atoms with Crippen LogP contribution in [0.25, 0.3) is 6.08 Å². The van der Waals surface area contributed by atoms with Crippen molar-refractivity contribution >= 4 is 35.6 Å². The Bertz CT molecular complexity index is 1290. The summed E-state index contributed by atoms with van der Waals surface area (Å²) in [6.07, 6.45) is 1.42. The third kappa shape index (κ3) is 4.86. The Hall–Kier alpha value is -4.72. The summed E-state index contributed by atoms with van der Waals surface area (Å²) in [5, 5.41) is 11.2. The molecule has 170 valence electrons. The van der Waals surface area contributed by atoms with Gasteiger partial charge in [0.15, 0.2) is 0 Å². The minimum absolute atomic E-state index is 0.160. The number of ether oxygens (including phenoxy) is 1. The Morgan fingerprint density at radius 2 is 1.59 bits per heavy atom. The molecule has 2 N–H and O–H groups in total. The molecule has 1 saturated heterocycles. The van der Waals surface area contributed by atoms with Gasteiger partial charge in [-0.25, -0.2) is 14.5 Å². The number of carbonyl (C=O) groups excluding carboxylic acids is 3. The quantitative estimate of drug-likeness (QED) is 0.429. The van der Waals surface area contributed by atoms with Gasteiger partial charge in [-0.1, -0.05) is 42.0 Å². The molecule has 0 aromatic heterocycles. The number of aryl methyl sites for hydroxylation is 1. The van der Waals surface area contributed by atoms with E-state index < -0.39 is 23.8 Å². The van der Waals surface area contributed by atoms with E-state index in [1.165, 1.54) is 18.2 Å². The van der Waals surface area contributed by atoms with Crippen LogP contribution in [0.15, 0.2) is 78.4 Å². The maximum absolute atomic E-state index is 12.9. The second kappa shape index (κ2) is 9.41. The van der Waals surface area contributed by atoms with Crippen LogP contribution in [0.5, 0.6) is 5.75 Å². The smallest absolute Gasteiger partial charge is 0.335 e. The summed E-state index contributed by atoms with van der Waals surface area (Å²) < 4.78 is 5.71. The zero-order chi connectivity index (χ0) is 24.2. The monoisotopic (exact) mass is 456 g/mol. The molecule has 4 amide bonds. The molecule has 0 aliphatic carbocycles. The summed E-state index contributed by atoms with van der Waals surface area (Å²) >= 11 is 0. The number of carboxylic acids is 1. The molecule has 0 unspecified atom stereocenters. The number of aromatic carboxylic acids is 1. The topological polar surface area (TPSA) is 113 Å². The third-order valence-corrected chi connectivity index (χ3v) is 5.19. The lowest BCUT2D eigenvalue weighted by Gasteiger charge is -2.26. The maximum atomic E-state index is 12.9. The lowest BCUT2D eigenvalue weighted by Crippen LogP contribution is -2.54. The molecule has 0 radical (unpaired) electrons. The molecule has 1 aliphatic rings. The van der Waals surface area contributed by atoms with E-state index in [1.807, 2.05) is 6.92 Å². The maximum Gasteiger partial charge on any atom is 0.335 e. The van der Waals surface area contributed by atoms with Crippen LogP contribution in [-0.4, -0.2) is 28.9 Å². The highest BCUT2D eigenvalue weighted by Crippen LogP contribution is 2.23. The van der Waals surface area contributed by atoms with Gasteiger partial charge in [0.25, 0.3) is 11.8 Å². The van der Waals surface area contributed by atoms with Crippen molar-refractivity contribution in [3.8, 4) is 5.75 Å². The fraction of sp³-hybridized carbons (Fsp3) is 0.0769. The van der Waals surface area contributed by atoms with Crippen molar-refractivity contribution in [3.05, 3.63) is 101 Å². The van der Waals surface area contributed by atoms with Crippen molar-refractivity contribution in [2.24, 2.45) is 0 Å². The summed E-state index contributed by atoms with van der Waals surface area (Å²) in [7, 11) is 0. The van der Waals surface area contributed by atoms with Crippen molar-refractivity contribution in [1.29, 1.82) is 0 Å². The van der Waals surface area contributed by atoms with Crippen LogP contribution in [0.3, 0.4) is 0 Å². The summed E-state index contributed by atoms with van der Waals surface area (Å²) in [4.78, 5) is 49.4. The number of nitrogens with zero attached hydrogens (tertiary/aromatic N) is 1. The SMILES string of the molecule is Cc1ccc(N2C(=O)NC(=O)/C(=C\c3ccc(OCc4ccc(C(=O)O)cc4)cc3)C2=O)cc1. The number of anilines is 1. The number of amides is 4. The zero-order valence-electron chi connectivity index (χ0n) is 18.1. The molecule has 1 heterocycles.